The Morgan fingerprint density at radius 3 is 2.51 bits per heavy atom. The molecule has 0 heterocycles. The number of nitro benzene ring substituents is 1. The third-order valence-electron chi connectivity index (χ3n) is 6.28. The second kappa shape index (κ2) is 12.7. The molecule has 1 aliphatic rings. The van der Waals surface area contributed by atoms with Gasteiger partial charge in [-0.3, -0.25) is 19.7 Å². The number of methoxy groups -OCH3 is 1. The summed E-state index contributed by atoms with van der Waals surface area (Å²) in [5.74, 6) is -0.153. The van der Waals surface area contributed by atoms with Crippen molar-refractivity contribution in [2.24, 2.45) is 0 Å². The maximum Gasteiger partial charge on any atom is 0.311 e. The lowest BCUT2D eigenvalue weighted by Crippen LogP contribution is -2.52. The van der Waals surface area contributed by atoms with Crippen LogP contribution in [0, 0.1) is 10.1 Å². The molecule has 1 fully saturated rings. The van der Waals surface area contributed by atoms with Gasteiger partial charge in [0.2, 0.25) is 11.7 Å². The van der Waals surface area contributed by atoms with Crippen molar-refractivity contribution in [2.45, 2.75) is 57.5 Å². The van der Waals surface area contributed by atoms with Crippen molar-refractivity contribution < 1.29 is 24.0 Å². The number of carbonyl (C=O) groups is 2. The van der Waals surface area contributed by atoms with Crippen LogP contribution in [0.15, 0.2) is 48.5 Å². The summed E-state index contributed by atoms with van der Waals surface area (Å²) in [6, 6.07) is 13.4. The Bertz CT molecular complexity index is 1010. The molecule has 0 bridgehead atoms. The lowest BCUT2D eigenvalue weighted by Gasteiger charge is -2.31. The van der Waals surface area contributed by atoms with Crippen LogP contribution in [-0.4, -0.2) is 54.0 Å². The largest absolute Gasteiger partial charge is 0.490 e. The minimum absolute atomic E-state index is 0.0447. The number of carbonyl (C=O) groups excluding carboxylic acids is 2. The van der Waals surface area contributed by atoms with Crippen molar-refractivity contribution >= 4 is 17.5 Å². The van der Waals surface area contributed by atoms with Gasteiger partial charge < -0.3 is 19.7 Å². The van der Waals surface area contributed by atoms with Gasteiger partial charge in [-0.2, -0.15) is 0 Å². The minimum atomic E-state index is -0.609. The van der Waals surface area contributed by atoms with Crippen LogP contribution in [0.25, 0.3) is 0 Å². The van der Waals surface area contributed by atoms with Crippen LogP contribution in [0.5, 0.6) is 11.5 Å². The predicted molar refractivity (Wildman–Crippen MR) is 131 cm³/mol. The maximum absolute atomic E-state index is 13.3. The van der Waals surface area contributed by atoms with Crippen LogP contribution in [0.3, 0.4) is 0 Å². The lowest BCUT2D eigenvalue weighted by atomic mass is 10.1. The van der Waals surface area contributed by atoms with Gasteiger partial charge in [0.1, 0.15) is 11.8 Å². The number of nitrogens with zero attached hydrogens (tertiary/aromatic N) is 2. The van der Waals surface area contributed by atoms with Crippen LogP contribution in [0.2, 0.25) is 0 Å². The number of nitrogens with one attached hydrogen (secondary N) is 1. The van der Waals surface area contributed by atoms with E-state index in [-0.39, 0.29) is 41.6 Å². The molecule has 0 unspecified atom stereocenters. The first-order chi connectivity index (χ1) is 16.9. The average molecular weight is 484 g/mol. The summed E-state index contributed by atoms with van der Waals surface area (Å²) in [4.78, 5) is 38.6. The number of rotatable bonds is 12. The third kappa shape index (κ3) is 7.18. The van der Waals surface area contributed by atoms with Gasteiger partial charge in [-0.1, -0.05) is 50.1 Å². The highest BCUT2D eigenvalue weighted by Crippen LogP contribution is 2.30. The molecule has 0 radical (unpaired) electrons. The van der Waals surface area contributed by atoms with Crippen molar-refractivity contribution in [3.63, 3.8) is 0 Å². The van der Waals surface area contributed by atoms with Crippen molar-refractivity contribution in [3.05, 3.63) is 64.2 Å². The molecule has 0 aliphatic heterocycles. The first kappa shape index (κ1) is 26.0. The highest BCUT2D eigenvalue weighted by molar-refractivity contribution is 5.88. The molecule has 188 valence electrons. The van der Waals surface area contributed by atoms with E-state index in [0.717, 1.165) is 31.2 Å². The molecule has 1 N–H and O–H groups in total. The monoisotopic (exact) mass is 483 g/mol. The molecule has 1 atom stereocenters. The standard InChI is InChI=1S/C26H33N3O6/c1-3-22(26(31)27-20-11-7-8-12-20)28(16-15-19-9-5-4-6-10-19)25(30)18-35-21-13-14-23(29(32)33)24(17-21)34-2/h4-6,9-10,13-14,17,20,22H,3,7-8,11-12,15-16,18H2,1-2H3,(H,27,31)/t22-/m0/s1. The Hall–Kier alpha value is -3.62. The number of ether oxygens (including phenoxy) is 2. The smallest absolute Gasteiger partial charge is 0.311 e. The molecular weight excluding hydrogens is 450 g/mol. The molecule has 0 aromatic heterocycles. The normalized spacial score (nSPS) is 14.2. The fourth-order valence-electron chi connectivity index (χ4n) is 4.39. The van der Waals surface area contributed by atoms with Gasteiger partial charge in [0.25, 0.3) is 5.91 Å². The molecule has 9 heteroatoms. The highest BCUT2D eigenvalue weighted by Gasteiger charge is 2.30. The summed E-state index contributed by atoms with van der Waals surface area (Å²) in [6.07, 6.45) is 5.21. The Labute approximate surface area is 205 Å². The highest BCUT2D eigenvalue weighted by atomic mass is 16.6. The third-order valence-corrected chi connectivity index (χ3v) is 6.28. The van der Waals surface area contributed by atoms with Gasteiger partial charge >= 0.3 is 5.69 Å². The second-order valence-corrected chi connectivity index (χ2v) is 8.62. The summed E-state index contributed by atoms with van der Waals surface area (Å²) in [5.41, 5.74) is 0.877. The van der Waals surface area contributed by atoms with E-state index in [2.05, 4.69) is 5.32 Å². The van der Waals surface area contributed by atoms with Crippen molar-refractivity contribution in [2.75, 3.05) is 20.3 Å². The molecular formula is C26H33N3O6. The summed E-state index contributed by atoms with van der Waals surface area (Å²) >= 11 is 0. The molecule has 2 aromatic carbocycles. The summed E-state index contributed by atoms with van der Waals surface area (Å²) in [5, 5.41) is 14.2. The Morgan fingerprint density at radius 1 is 1.17 bits per heavy atom. The molecule has 1 aliphatic carbocycles. The maximum atomic E-state index is 13.3. The van der Waals surface area contributed by atoms with Crippen LogP contribution < -0.4 is 14.8 Å². The topological polar surface area (TPSA) is 111 Å². The molecule has 0 saturated heterocycles. The van der Waals surface area contributed by atoms with Gasteiger partial charge in [0, 0.05) is 24.7 Å². The van der Waals surface area contributed by atoms with Crippen LogP contribution in [0.4, 0.5) is 5.69 Å². The van der Waals surface area contributed by atoms with Crippen LogP contribution in [-0.2, 0) is 16.0 Å². The first-order valence-electron chi connectivity index (χ1n) is 12.0. The van der Waals surface area contributed by atoms with Gasteiger partial charge in [-0.15, -0.1) is 0 Å². The number of amides is 2. The minimum Gasteiger partial charge on any atom is -0.490 e. The summed E-state index contributed by atoms with van der Waals surface area (Å²) in [7, 11) is 1.33. The van der Waals surface area contributed by atoms with Gasteiger partial charge in [0.15, 0.2) is 6.61 Å². The van der Waals surface area contributed by atoms with Gasteiger partial charge in [-0.25, -0.2) is 0 Å². The van der Waals surface area contributed by atoms with Crippen molar-refractivity contribution in [1.29, 1.82) is 0 Å². The van der Waals surface area contributed by atoms with Gasteiger partial charge in [0.05, 0.1) is 12.0 Å². The quantitative estimate of drug-likeness (QED) is 0.362. The Kier molecular flexibility index (Phi) is 9.46. The van der Waals surface area contributed by atoms with Crippen molar-refractivity contribution in [3.8, 4) is 11.5 Å². The lowest BCUT2D eigenvalue weighted by molar-refractivity contribution is -0.385. The molecule has 35 heavy (non-hydrogen) atoms. The zero-order chi connectivity index (χ0) is 25.2. The zero-order valence-corrected chi connectivity index (χ0v) is 20.3. The molecule has 9 nitrogen and oxygen atoms in total. The molecule has 2 aromatic rings. The van der Waals surface area contributed by atoms with E-state index in [1.807, 2.05) is 37.3 Å². The summed E-state index contributed by atoms with van der Waals surface area (Å²) in [6.45, 7) is 1.96. The van der Waals surface area contributed by atoms with E-state index in [0.29, 0.717) is 19.4 Å². The van der Waals surface area contributed by atoms with Crippen LogP contribution >= 0.6 is 0 Å². The average Bonchev–Trinajstić information content (AvgIpc) is 3.38. The van der Waals surface area contributed by atoms with Gasteiger partial charge in [-0.05, 0) is 37.3 Å². The number of hydrogen-bond acceptors (Lipinski definition) is 6. The van der Waals surface area contributed by atoms with E-state index in [4.69, 9.17) is 9.47 Å². The predicted octanol–water partition coefficient (Wildman–Crippen LogP) is 3.89. The number of hydrogen-bond donors (Lipinski definition) is 1. The van der Waals surface area contributed by atoms with E-state index in [1.165, 1.54) is 25.3 Å². The first-order valence-corrected chi connectivity index (χ1v) is 12.0. The van der Waals surface area contributed by atoms with Crippen LogP contribution in [0.1, 0.15) is 44.6 Å². The summed E-state index contributed by atoms with van der Waals surface area (Å²) < 4.78 is 10.7. The SMILES string of the molecule is CC[C@@H](C(=O)NC1CCCC1)N(CCc1ccccc1)C(=O)COc1ccc([N+](=O)[O-])c(OC)c1. The van der Waals surface area contributed by atoms with E-state index >= 15 is 0 Å². The number of benzene rings is 2. The van der Waals surface area contributed by atoms with E-state index in [1.54, 1.807) is 4.90 Å². The molecule has 2 amide bonds. The molecule has 0 spiro atoms. The fourth-order valence-corrected chi connectivity index (χ4v) is 4.39. The fraction of sp³-hybridized carbons (Fsp3) is 0.462. The Morgan fingerprint density at radius 2 is 1.89 bits per heavy atom. The molecule has 3 rings (SSSR count). The second-order valence-electron chi connectivity index (χ2n) is 8.62. The number of nitro groups is 1. The zero-order valence-electron chi connectivity index (χ0n) is 20.3. The van der Waals surface area contributed by atoms with E-state index < -0.39 is 11.0 Å². The molecule has 1 saturated carbocycles. The van der Waals surface area contributed by atoms with Crippen molar-refractivity contribution in [1.82, 2.24) is 10.2 Å². The van der Waals surface area contributed by atoms with E-state index in [9.17, 15) is 19.7 Å². The Balaban J connectivity index is 1.72.